The number of likely N-dealkylation sites (N-methyl/N-ethyl adjacent to an activating group) is 1. The number of allylic oxidation sites excluding steroid dienone is 2. The van der Waals surface area contributed by atoms with Gasteiger partial charge in [0.2, 0.25) is 0 Å². The van der Waals surface area contributed by atoms with Crippen LogP contribution in [0.5, 0.6) is 5.75 Å². The number of halogens is 1. The van der Waals surface area contributed by atoms with E-state index in [1.807, 2.05) is 49.2 Å². The van der Waals surface area contributed by atoms with Crippen LogP contribution in [0.3, 0.4) is 0 Å². The molecule has 2 aromatic rings. The molecule has 2 atom stereocenters. The number of nitro groups is 1. The van der Waals surface area contributed by atoms with Gasteiger partial charge >= 0.3 is 11.9 Å². The largest absolute Gasteiger partial charge is 0.492 e. The van der Waals surface area contributed by atoms with Crippen molar-refractivity contribution in [1.29, 1.82) is 0 Å². The van der Waals surface area contributed by atoms with Crippen molar-refractivity contribution in [2.75, 3.05) is 33.9 Å². The summed E-state index contributed by atoms with van der Waals surface area (Å²) in [6.45, 7) is 6.41. The number of methoxy groups -OCH3 is 1. The van der Waals surface area contributed by atoms with Gasteiger partial charge in [-0.3, -0.25) is 15.0 Å². The lowest BCUT2D eigenvalue weighted by Gasteiger charge is -2.30. The smallest absolute Gasteiger partial charge is 0.336 e. The van der Waals surface area contributed by atoms with Crippen molar-refractivity contribution >= 4 is 30.0 Å². The number of nitro benzene ring substituents is 1. The third-order valence-corrected chi connectivity index (χ3v) is 6.46. The number of esters is 2. The van der Waals surface area contributed by atoms with E-state index in [2.05, 4.69) is 5.32 Å². The van der Waals surface area contributed by atoms with Crippen LogP contribution in [0, 0.1) is 10.1 Å². The molecule has 1 aliphatic rings. The number of para-hydroxylation sites is 1. The fourth-order valence-corrected chi connectivity index (χ4v) is 4.24. The molecule has 210 valence electrons. The number of hydrogen-bond acceptors (Lipinski definition) is 9. The number of hydrogen-bond donors (Lipinski definition) is 1. The van der Waals surface area contributed by atoms with Crippen LogP contribution < -0.4 is 10.1 Å². The SMILES string of the molecule is COC(=O)C1=C(C)NC(C)=C(C(=O)OCCN(C)C(C)COc2ccccc2)C1c1cccc([N+](=O)[O-])c1.Cl. The molecule has 0 saturated carbocycles. The molecule has 10 nitrogen and oxygen atoms in total. The fraction of sp³-hybridized carbons (Fsp3) is 0.357. The number of nitrogens with zero attached hydrogens (tertiary/aromatic N) is 2. The van der Waals surface area contributed by atoms with E-state index in [0.29, 0.717) is 30.1 Å². The topological polar surface area (TPSA) is 120 Å². The van der Waals surface area contributed by atoms with Crippen LogP contribution in [-0.2, 0) is 19.1 Å². The Kier molecular flexibility index (Phi) is 11.5. The summed E-state index contributed by atoms with van der Waals surface area (Å²) in [4.78, 5) is 39.0. The second kappa shape index (κ2) is 14.3. The number of dihydropyridines is 1. The molecule has 0 spiro atoms. The predicted octanol–water partition coefficient (Wildman–Crippen LogP) is 4.37. The average molecular weight is 560 g/mol. The van der Waals surface area contributed by atoms with Crippen molar-refractivity contribution < 1.29 is 28.7 Å². The predicted molar refractivity (Wildman–Crippen MR) is 149 cm³/mol. The minimum Gasteiger partial charge on any atom is -0.492 e. The van der Waals surface area contributed by atoms with Gasteiger partial charge in [0.1, 0.15) is 19.0 Å². The average Bonchev–Trinajstić information content (AvgIpc) is 2.91. The quantitative estimate of drug-likeness (QED) is 0.243. The summed E-state index contributed by atoms with van der Waals surface area (Å²) >= 11 is 0. The van der Waals surface area contributed by atoms with E-state index in [0.717, 1.165) is 5.75 Å². The van der Waals surface area contributed by atoms with Crippen LogP contribution in [0.25, 0.3) is 0 Å². The van der Waals surface area contributed by atoms with Crippen molar-refractivity contribution in [3.8, 4) is 5.75 Å². The number of carbonyl (C=O) groups excluding carboxylic acids is 2. The lowest BCUT2D eigenvalue weighted by molar-refractivity contribution is -0.384. The van der Waals surface area contributed by atoms with E-state index < -0.39 is 22.8 Å². The van der Waals surface area contributed by atoms with Gasteiger partial charge in [0.05, 0.1) is 29.1 Å². The van der Waals surface area contributed by atoms with Gasteiger partial charge in [0, 0.05) is 36.1 Å². The minimum atomic E-state index is -0.896. The van der Waals surface area contributed by atoms with Crippen LogP contribution in [0.15, 0.2) is 77.1 Å². The van der Waals surface area contributed by atoms with Gasteiger partial charge in [-0.25, -0.2) is 9.59 Å². The molecule has 0 fully saturated rings. The summed E-state index contributed by atoms with van der Waals surface area (Å²) < 4.78 is 16.4. The first-order valence-corrected chi connectivity index (χ1v) is 12.2. The number of benzene rings is 2. The standard InChI is InChI=1S/C28H33N3O7.ClH/c1-18(17-38-23-12-7-6-8-13-23)30(4)14-15-37-28(33)25-20(3)29-19(2)24(27(32)36-5)26(25)21-10-9-11-22(16-21)31(34)35;/h6-13,16,18,26,29H,14-15,17H2,1-5H3;1H. The molecule has 3 rings (SSSR count). The van der Waals surface area contributed by atoms with Gasteiger partial charge < -0.3 is 19.5 Å². The zero-order valence-corrected chi connectivity index (χ0v) is 23.4. The third-order valence-electron chi connectivity index (χ3n) is 6.46. The molecule has 2 aromatic carbocycles. The van der Waals surface area contributed by atoms with Crippen molar-refractivity contribution in [3.63, 3.8) is 0 Å². The summed E-state index contributed by atoms with van der Waals surface area (Å²) in [5.74, 6) is -1.38. The number of ether oxygens (including phenoxy) is 3. The third kappa shape index (κ3) is 7.81. The minimum absolute atomic E-state index is 0. The van der Waals surface area contributed by atoms with E-state index in [1.165, 1.54) is 25.3 Å². The Morgan fingerprint density at radius 2 is 1.69 bits per heavy atom. The maximum absolute atomic E-state index is 13.4. The molecule has 0 saturated heterocycles. The fourth-order valence-electron chi connectivity index (χ4n) is 4.24. The van der Waals surface area contributed by atoms with Gasteiger partial charge in [-0.2, -0.15) is 0 Å². The summed E-state index contributed by atoms with van der Waals surface area (Å²) in [7, 11) is 3.15. The first-order chi connectivity index (χ1) is 18.1. The first-order valence-electron chi connectivity index (χ1n) is 12.2. The lowest BCUT2D eigenvalue weighted by atomic mass is 9.80. The zero-order chi connectivity index (χ0) is 27.8. The highest BCUT2D eigenvalue weighted by Gasteiger charge is 2.38. The van der Waals surface area contributed by atoms with Crippen molar-refractivity contribution in [2.45, 2.75) is 32.7 Å². The molecule has 11 heteroatoms. The lowest BCUT2D eigenvalue weighted by Crippen LogP contribution is -2.37. The summed E-state index contributed by atoms with van der Waals surface area (Å²) in [6, 6.07) is 15.4. The molecule has 0 aliphatic carbocycles. The van der Waals surface area contributed by atoms with E-state index in [1.54, 1.807) is 19.9 Å². The van der Waals surface area contributed by atoms with Gasteiger partial charge in [0.15, 0.2) is 0 Å². The summed E-state index contributed by atoms with van der Waals surface area (Å²) in [5.41, 5.74) is 1.63. The normalized spacial score (nSPS) is 15.7. The van der Waals surface area contributed by atoms with Gasteiger partial charge in [-0.1, -0.05) is 30.3 Å². The monoisotopic (exact) mass is 559 g/mol. The molecular formula is C28H34ClN3O7. The zero-order valence-electron chi connectivity index (χ0n) is 22.6. The molecule has 1 heterocycles. The highest BCUT2D eigenvalue weighted by atomic mass is 35.5. The Morgan fingerprint density at radius 3 is 2.31 bits per heavy atom. The molecular weight excluding hydrogens is 526 g/mol. The Balaban J connectivity index is 0.00000533. The number of rotatable bonds is 11. The second-order valence-corrected chi connectivity index (χ2v) is 9.07. The summed E-state index contributed by atoms with van der Waals surface area (Å²) in [5, 5.41) is 14.5. The highest BCUT2D eigenvalue weighted by Crippen LogP contribution is 2.40. The Bertz CT molecular complexity index is 1250. The summed E-state index contributed by atoms with van der Waals surface area (Å²) in [6.07, 6.45) is 0. The van der Waals surface area contributed by atoms with Crippen LogP contribution >= 0.6 is 12.4 Å². The maximum Gasteiger partial charge on any atom is 0.336 e. The van der Waals surface area contributed by atoms with Crippen molar-refractivity contribution in [3.05, 3.63) is 92.8 Å². The Labute approximate surface area is 234 Å². The van der Waals surface area contributed by atoms with E-state index in [-0.39, 0.29) is 41.9 Å². The second-order valence-electron chi connectivity index (χ2n) is 9.07. The van der Waals surface area contributed by atoms with Crippen LogP contribution in [0.4, 0.5) is 5.69 Å². The molecule has 1 N–H and O–H groups in total. The van der Waals surface area contributed by atoms with Gasteiger partial charge in [0.25, 0.3) is 5.69 Å². The van der Waals surface area contributed by atoms with Crippen molar-refractivity contribution in [1.82, 2.24) is 10.2 Å². The Morgan fingerprint density at radius 1 is 1.05 bits per heavy atom. The van der Waals surface area contributed by atoms with Gasteiger partial charge in [-0.15, -0.1) is 12.4 Å². The molecule has 0 amide bonds. The molecule has 1 aliphatic heterocycles. The number of carbonyl (C=O) groups is 2. The molecule has 0 radical (unpaired) electrons. The van der Waals surface area contributed by atoms with E-state index >= 15 is 0 Å². The van der Waals surface area contributed by atoms with Crippen LogP contribution in [-0.4, -0.2) is 61.7 Å². The van der Waals surface area contributed by atoms with E-state index in [9.17, 15) is 19.7 Å². The maximum atomic E-state index is 13.4. The molecule has 2 unspecified atom stereocenters. The van der Waals surface area contributed by atoms with Gasteiger partial charge in [-0.05, 0) is 45.5 Å². The van der Waals surface area contributed by atoms with Crippen molar-refractivity contribution in [2.24, 2.45) is 0 Å². The number of nitrogens with one attached hydrogen (secondary N) is 1. The van der Waals surface area contributed by atoms with Crippen LogP contribution in [0.1, 0.15) is 32.3 Å². The molecule has 0 bridgehead atoms. The van der Waals surface area contributed by atoms with Crippen LogP contribution in [0.2, 0.25) is 0 Å². The molecule has 39 heavy (non-hydrogen) atoms. The van der Waals surface area contributed by atoms with E-state index in [4.69, 9.17) is 14.2 Å². The Hall–Kier alpha value is -3.89. The first kappa shape index (κ1) is 31.3. The highest BCUT2D eigenvalue weighted by molar-refractivity contribution is 5.99. The molecule has 0 aromatic heterocycles. The number of non-ortho nitro benzene ring substituents is 1.